The Morgan fingerprint density at radius 3 is 1.95 bits per heavy atom. The molecule has 130 valence electrons. The Labute approximate surface area is 144 Å². The molecule has 0 spiro atoms. The van der Waals surface area contributed by atoms with E-state index in [1.54, 1.807) is 13.3 Å². The molecule has 0 aromatic carbocycles. The van der Waals surface area contributed by atoms with Crippen molar-refractivity contribution < 1.29 is 4.74 Å². The van der Waals surface area contributed by atoms with Crippen LogP contribution in [0.4, 0.5) is 0 Å². The zero-order chi connectivity index (χ0) is 16.3. The van der Waals surface area contributed by atoms with Crippen molar-refractivity contribution in [2.45, 2.75) is 109 Å². The van der Waals surface area contributed by atoms with Crippen molar-refractivity contribution in [3.63, 3.8) is 0 Å². The molecule has 1 aliphatic rings. The first-order chi connectivity index (χ1) is 10.7. The van der Waals surface area contributed by atoms with E-state index < -0.39 is 18.4 Å². The number of hydrogen-bond donors (Lipinski definition) is 0. The van der Waals surface area contributed by atoms with E-state index in [1.165, 1.54) is 57.8 Å². The van der Waals surface area contributed by atoms with Crippen molar-refractivity contribution in [2.24, 2.45) is 0 Å². The molecule has 0 N–H and O–H groups in total. The van der Waals surface area contributed by atoms with Crippen molar-refractivity contribution in [1.82, 2.24) is 0 Å². The molecule has 1 rings (SSSR count). The molecule has 1 aliphatic heterocycles. The minimum absolute atomic E-state index is 0.468. The van der Waals surface area contributed by atoms with Crippen molar-refractivity contribution in [3.8, 4) is 0 Å². The molecule has 0 aromatic rings. The summed E-state index contributed by atoms with van der Waals surface area (Å²) < 4.78 is 12.0. The zero-order valence-electron chi connectivity index (χ0n) is 15.7. The maximum atomic E-state index is 6.69. The second-order valence-electron chi connectivity index (χ2n) is 7.39. The topological polar surface area (TPSA) is 9.23 Å². The first kappa shape index (κ1) is 20.5. The van der Waals surface area contributed by atoms with Crippen LogP contribution in [0.5, 0.6) is 0 Å². The molecular formula is C20H40OSn. The fourth-order valence-corrected chi connectivity index (χ4v) is 21.2. The molecular weight excluding hydrogens is 375 g/mol. The number of rotatable bonds is 10. The second-order valence-corrected chi connectivity index (χ2v) is 21.3. The average Bonchev–Trinajstić information content (AvgIpc) is 2.50. The number of unbranched alkanes of at least 4 members (excludes halogenated alkanes) is 3. The molecule has 0 fully saturated rings. The first-order valence-electron chi connectivity index (χ1n) is 9.99. The van der Waals surface area contributed by atoms with Crippen LogP contribution < -0.4 is 0 Å². The number of allylic oxidation sites excluding steroid dienone is 1. The van der Waals surface area contributed by atoms with Gasteiger partial charge in [-0.3, -0.25) is 0 Å². The minimum atomic E-state index is -2.22. The predicted octanol–water partition coefficient (Wildman–Crippen LogP) is 6.89. The Kier molecular flexibility index (Phi) is 11.2. The van der Waals surface area contributed by atoms with Gasteiger partial charge in [-0.2, -0.15) is 0 Å². The summed E-state index contributed by atoms with van der Waals surface area (Å²) in [7, 11) is 0. The average molecular weight is 415 g/mol. The van der Waals surface area contributed by atoms with Crippen LogP contribution in [-0.4, -0.2) is 28.6 Å². The van der Waals surface area contributed by atoms with Gasteiger partial charge in [0.05, 0.1) is 0 Å². The van der Waals surface area contributed by atoms with Crippen LogP contribution in [-0.2, 0) is 4.74 Å². The Morgan fingerprint density at radius 2 is 1.45 bits per heavy atom. The first-order valence-corrected chi connectivity index (χ1v) is 17.7. The SMILES string of the molecule is CCC[CH2][Sn]([CH2]CCC)([CH2]CCC)[CH]1C/C=C\CCC(C)O1. The second kappa shape index (κ2) is 11.9. The van der Waals surface area contributed by atoms with E-state index >= 15 is 0 Å². The van der Waals surface area contributed by atoms with Gasteiger partial charge in [0.2, 0.25) is 0 Å². The quantitative estimate of drug-likeness (QED) is 0.279. The Hall–Kier alpha value is 0.499. The molecule has 1 heterocycles. The van der Waals surface area contributed by atoms with E-state index in [1.807, 2.05) is 0 Å². The normalized spacial score (nSPS) is 24.7. The van der Waals surface area contributed by atoms with Gasteiger partial charge in [0.15, 0.2) is 0 Å². The van der Waals surface area contributed by atoms with Gasteiger partial charge in [-0.15, -0.1) is 0 Å². The summed E-state index contributed by atoms with van der Waals surface area (Å²) in [6, 6.07) is 0. The molecule has 0 saturated heterocycles. The molecule has 22 heavy (non-hydrogen) atoms. The van der Waals surface area contributed by atoms with Gasteiger partial charge >= 0.3 is 144 Å². The molecule has 0 bridgehead atoms. The van der Waals surface area contributed by atoms with Gasteiger partial charge in [-0.05, 0) is 0 Å². The third-order valence-electron chi connectivity index (χ3n) is 5.42. The van der Waals surface area contributed by atoms with Crippen LogP contribution in [0.1, 0.15) is 85.5 Å². The fraction of sp³-hybridized carbons (Fsp3) is 0.900. The van der Waals surface area contributed by atoms with E-state index in [9.17, 15) is 0 Å². The number of hydrogen-bond acceptors (Lipinski definition) is 1. The van der Waals surface area contributed by atoms with E-state index in [0.29, 0.717) is 10.2 Å². The summed E-state index contributed by atoms with van der Waals surface area (Å²) in [6.45, 7) is 9.38. The van der Waals surface area contributed by atoms with Crippen LogP contribution >= 0.6 is 0 Å². The van der Waals surface area contributed by atoms with Crippen molar-refractivity contribution >= 4 is 18.4 Å². The number of ether oxygens (including phenoxy) is 1. The van der Waals surface area contributed by atoms with Gasteiger partial charge < -0.3 is 0 Å². The molecule has 2 unspecified atom stereocenters. The van der Waals surface area contributed by atoms with Crippen LogP contribution in [0.25, 0.3) is 0 Å². The molecule has 0 aliphatic carbocycles. The third-order valence-corrected chi connectivity index (χ3v) is 21.9. The zero-order valence-corrected chi connectivity index (χ0v) is 18.6. The molecule has 2 heteroatoms. The summed E-state index contributed by atoms with van der Waals surface area (Å²) in [5, 5.41) is 0. The Bertz CT molecular complexity index is 278. The summed E-state index contributed by atoms with van der Waals surface area (Å²) in [6.07, 6.45) is 17.4. The van der Waals surface area contributed by atoms with Crippen LogP contribution in [0.2, 0.25) is 13.3 Å². The van der Waals surface area contributed by atoms with E-state index in [0.717, 1.165) is 0 Å². The maximum absolute atomic E-state index is 6.69. The fourth-order valence-electron chi connectivity index (χ4n) is 3.91. The van der Waals surface area contributed by atoms with Gasteiger partial charge in [0.1, 0.15) is 0 Å². The van der Waals surface area contributed by atoms with Gasteiger partial charge in [-0.25, -0.2) is 0 Å². The Balaban J connectivity index is 2.94. The van der Waals surface area contributed by atoms with Crippen molar-refractivity contribution in [1.29, 1.82) is 0 Å². The van der Waals surface area contributed by atoms with Crippen LogP contribution in [0, 0.1) is 0 Å². The summed E-state index contributed by atoms with van der Waals surface area (Å²) in [5.74, 6) is 0. The van der Waals surface area contributed by atoms with E-state index in [2.05, 4.69) is 39.8 Å². The van der Waals surface area contributed by atoms with Gasteiger partial charge in [0, 0.05) is 0 Å². The molecule has 0 aromatic heterocycles. The van der Waals surface area contributed by atoms with Gasteiger partial charge in [-0.1, -0.05) is 0 Å². The summed E-state index contributed by atoms with van der Waals surface area (Å²) in [5.41, 5.74) is 0. The monoisotopic (exact) mass is 416 g/mol. The third kappa shape index (κ3) is 6.95. The molecule has 2 atom stereocenters. The molecule has 0 radical (unpaired) electrons. The summed E-state index contributed by atoms with van der Waals surface area (Å²) in [4.78, 5) is 0. The molecule has 1 nitrogen and oxygen atoms in total. The molecule has 0 saturated carbocycles. The molecule has 0 amide bonds. The van der Waals surface area contributed by atoms with E-state index in [-0.39, 0.29) is 0 Å². The predicted molar refractivity (Wildman–Crippen MR) is 102 cm³/mol. The Morgan fingerprint density at radius 1 is 0.909 bits per heavy atom. The van der Waals surface area contributed by atoms with Crippen LogP contribution in [0.3, 0.4) is 0 Å². The van der Waals surface area contributed by atoms with Gasteiger partial charge in [0.25, 0.3) is 0 Å². The van der Waals surface area contributed by atoms with Crippen LogP contribution in [0.15, 0.2) is 12.2 Å². The van der Waals surface area contributed by atoms with Crippen molar-refractivity contribution in [2.75, 3.05) is 0 Å². The standard InChI is InChI=1S/C8H13O.3C4H9.Sn/c1-8-6-4-2-3-5-7-9-8;3*1-3-4-2;/h2-3,7-8H,4-6H2,1H3;3*1,3-4H2,2H3;/b3-2-;;;;. The van der Waals surface area contributed by atoms with Crippen molar-refractivity contribution in [3.05, 3.63) is 12.2 Å². The van der Waals surface area contributed by atoms with E-state index in [4.69, 9.17) is 4.74 Å². The summed E-state index contributed by atoms with van der Waals surface area (Å²) >= 11 is -2.22.